The summed E-state index contributed by atoms with van der Waals surface area (Å²) in [6.07, 6.45) is 1.04. The Morgan fingerprint density at radius 2 is 2.20 bits per heavy atom. The lowest BCUT2D eigenvalue weighted by atomic mass is 10.3. The molecule has 0 radical (unpaired) electrons. The number of aryl methyl sites for hydroxylation is 1. The summed E-state index contributed by atoms with van der Waals surface area (Å²) in [4.78, 5) is 16.0. The average Bonchev–Trinajstić information content (AvgIpc) is 2.82. The van der Waals surface area contributed by atoms with Crippen LogP contribution in [0.15, 0.2) is 24.3 Å². The minimum atomic E-state index is -0.338. The zero-order chi connectivity index (χ0) is 14.5. The number of carbonyl (C=O) groups excluding carboxylic acids is 1. The molecule has 0 fully saturated rings. The summed E-state index contributed by atoms with van der Waals surface area (Å²) >= 11 is 0. The van der Waals surface area contributed by atoms with Crippen LogP contribution in [0.3, 0.4) is 0 Å². The van der Waals surface area contributed by atoms with Crippen molar-refractivity contribution >= 4 is 17.0 Å². The van der Waals surface area contributed by atoms with Gasteiger partial charge in [-0.1, -0.05) is 19.1 Å². The van der Waals surface area contributed by atoms with E-state index in [1.807, 2.05) is 18.2 Å². The number of nitrogens with one attached hydrogen (secondary N) is 1. The number of benzene rings is 1. The molecule has 0 aliphatic heterocycles. The number of para-hydroxylation sites is 2. The van der Waals surface area contributed by atoms with E-state index >= 15 is 0 Å². The first-order chi connectivity index (χ1) is 9.67. The van der Waals surface area contributed by atoms with Crippen LogP contribution in [0.25, 0.3) is 11.0 Å². The van der Waals surface area contributed by atoms with Crippen molar-refractivity contribution in [1.82, 2.24) is 14.9 Å². The first kappa shape index (κ1) is 14.5. The van der Waals surface area contributed by atoms with Gasteiger partial charge in [0.25, 0.3) is 0 Å². The number of fused-ring (bicyclic) bond motifs is 1. The van der Waals surface area contributed by atoms with E-state index in [9.17, 15) is 4.79 Å². The standard InChI is InChI=1S/C15H21N3O2/c1-4-9-18-13-8-6-5-7-12(13)17-14(18)10-16-11(2)15(19)20-3/h5-8,11,16H,4,9-10H2,1-3H3/t11-/m0/s1. The van der Waals surface area contributed by atoms with Crippen LogP contribution in [-0.4, -0.2) is 28.7 Å². The highest BCUT2D eigenvalue weighted by Crippen LogP contribution is 2.16. The van der Waals surface area contributed by atoms with Crippen molar-refractivity contribution < 1.29 is 9.53 Å². The molecule has 2 aromatic rings. The summed E-state index contributed by atoms with van der Waals surface area (Å²) in [7, 11) is 1.40. The minimum absolute atomic E-state index is 0.261. The lowest BCUT2D eigenvalue weighted by Gasteiger charge is -2.12. The van der Waals surface area contributed by atoms with Gasteiger partial charge in [0, 0.05) is 6.54 Å². The fraction of sp³-hybridized carbons (Fsp3) is 0.467. The Labute approximate surface area is 118 Å². The molecule has 1 aromatic carbocycles. The SMILES string of the molecule is CCCn1c(CN[C@@H](C)C(=O)OC)nc2ccccc21. The molecular formula is C15H21N3O2. The normalized spacial score (nSPS) is 12.6. The monoisotopic (exact) mass is 275 g/mol. The molecule has 0 saturated carbocycles. The first-order valence-electron chi connectivity index (χ1n) is 6.92. The van der Waals surface area contributed by atoms with E-state index in [1.54, 1.807) is 6.92 Å². The number of methoxy groups -OCH3 is 1. The molecule has 0 aliphatic carbocycles. The van der Waals surface area contributed by atoms with E-state index in [4.69, 9.17) is 4.74 Å². The zero-order valence-electron chi connectivity index (χ0n) is 12.2. The van der Waals surface area contributed by atoms with Gasteiger partial charge >= 0.3 is 5.97 Å². The van der Waals surface area contributed by atoms with E-state index in [1.165, 1.54) is 7.11 Å². The average molecular weight is 275 g/mol. The highest BCUT2D eigenvalue weighted by molar-refractivity contribution is 5.76. The molecule has 1 N–H and O–H groups in total. The number of ether oxygens (including phenoxy) is 1. The van der Waals surface area contributed by atoms with Crippen molar-refractivity contribution in [2.75, 3.05) is 7.11 Å². The van der Waals surface area contributed by atoms with Gasteiger partial charge in [-0.25, -0.2) is 4.98 Å². The van der Waals surface area contributed by atoms with E-state index in [-0.39, 0.29) is 12.0 Å². The number of aromatic nitrogens is 2. The van der Waals surface area contributed by atoms with Crippen LogP contribution in [0.5, 0.6) is 0 Å². The van der Waals surface area contributed by atoms with E-state index < -0.39 is 0 Å². The second-order valence-electron chi connectivity index (χ2n) is 4.79. The fourth-order valence-electron chi connectivity index (χ4n) is 2.24. The smallest absolute Gasteiger partial charge is 0.322 e. The maximum Gasteiger partial charge on any atom is 0.322 e. The predicted octanol–water partition coefficient (Wildman–Crippen LogP) is 2.10. The highest BCUT2D eigenvalue weighted by Gasteiger charge is 2.15. The van der Waals surface area contributed by atoms with Crippen molar-refractivity contribution in [2.45, 2.75) is 39.4 Å². The third kappa shape index (κ3) is 2.99. The van der Waals surface area contributed by atoms with Gasteiger partial charge in [0.15, 0.2) is 0 Å². The molecule has 0 aliphatic rings. The van der Waals surface area contributed by atoms with Gasteiger partial charge in [0.05, 0.1) is 24.7 Å². The van der Waals surface area contributed by atoms with Crippen molar-refractivity contribution in [3.05, 3.63) is 30.1 Å². The van der Waals surface area contributed by atoms with Crippen molar-refractivity contribution in [1.29, 1.82) is 0 Å². The number of hydrogen-bond donors (Lipinski definition) is 1. The molecule has 1 heterocycles. The fourth-order valence-corrected chi connectivity index (χ4v) is 2.24. The molecule has 2 rings (SSSR count). The molecular weight excluding hydrogens is 254 g/mol. The summed E-state index contributed by atoms with van der Waals surface area (Å²) in [5.74, 6) is 0.687. The Morgan fingerprint density at radius 1 is 1.45 bits per heavy atom. The van der Waals surface area contributed by atoms with E-state index in [0.29, 0.717) is 6.54 Å². The van der Waals surface area contributed by atoms with Crippen molar-refractivity contribution in [2.24, 2.45) is 0 Å². The molecule has 5 heteroatoms. The molecule has 0 saturated heterocycles. The number of nitrogens with zero attached hydrogens (tertiary/aromatic N) is 2. The predicted molar refractivity (Wildman–Crippen MR) is 78.3 cm³/mol. The van der Waals surface area contributed by atoms with Gasteiger partial charge in [0.2, 0.25) is 0 Å². The van der Waals surface area contributed by atoms with Gasteiger partial charge in [-0.15, -0.1) is 0 Å². The quantitative estimate of drug-likeness (QED) is 0.820. The van der Waals surface area contributed by atoms with Crippen molar-refractivity contribution in [3.8, 4) is 0 Å². The number of carbonyl (C=O) groups is 1. The first-order valence-corrected chi connectivity index (χ1v) is 6.92. The highest BCUT2D eigenvalue weighted by atomic mass is 16.5. The molecule has 5 nitrogen and oxygen atoms in total. The Morgan fingerprint density at radius 3 is 2.90 bits per heavy atom. The van der Waals surface area contributed by atoms with Crippen LogP contribution in [0.1, 0.15) is 26.1 Å². The number of rotatable bonds is 6. The molecule has 1 atom stereocenters. The van der Waals surface area contributed by atoms with Gasteiger partial charge in [0.1, 0.15) is 11.9 Å². The topological polar surface area (TPSA) is 56.2 Å². The summed E-state index contributed by atoms with van der Waals surface area (Å²) in [6, 6.07) is 7.75. The van der Waals surface area contributed by atoms with Gasteiger partial charge in [-0.05, 0) is 25.5 Å². The zero-order valence-corrected chi connectivity index (χ0v) is 12.2. The molecule has 0 amide bonds. The van der Waals surface area contributed by atoms with Crippen LogP contribution in [0.2, 0.25) is 0 Å². The van der Waals surface area contributed by atoms with Crippen LogP contribution in [0.4, 0.5) is 0 Å². The maximum atomic E-state index is 11.4. The molecule has 0 bridgehead atoms. The molecule has 0 spiro atoms. The molecule has 108 valence electrons. The Bertz CT molecular complexity index is 592. The van der Waals surface area contributed by atoms with E-state index in [2.05, 4.69) is 27.9 Å². The van der Waals surface area contributed by atoms with Crippen LogP contribution >= 0.6 is 0 Å². The third-order valence-corrected chi connectivity index (χ3v) is 3.30. The summed E-state index contributed by atoms with van der Waals surface area (Å²) in [5.41, 5.74) is 2.13. The largest absolute Gasteiger partial charge is 0.468 e. The van der Waals surface area contributed by atoms with Crippen LogP contribution in [-0.2, 0) is 22.6 Å². The third-order valence-electron chi connectivity index (χ3n) is 3.30. The van der Waals surface area contributed by atoms with Crippen LogP contribution in [0, 0.1) is 0 Å². The lowest BCUT2D eigenvalue weighted by Crippen LogP contribution is -2.35. The second kappa shape index (κ2) is 6.52. The number of imidazole rings is 1. The molecule has 0 unspecified atom stereocenters. The Hall–Kier alpha value is -1.88. The minimum Gasteiger partial charge on any atom is -0.468 e. The van der Waals surface area contributed by atoms with Crippen molar-refractivity contribution in [3.63, 3.8) is 0 Å². The number of esters is 1. The van der Waals surface area contributed by atoms with E-state index in [0.717, 1.165) is 29.8 Å². The lowest BCUT2D eigenvalue weighted by molar-refractivity contribution is -0.142. The molecule has 20 heavy (non-hydrogen) atoms. The molecule has 1 aromatic heterocycles. The van der Waals surface area contributed by atoms with Gasteiger partial charge in [-0.3, -0.25) is 10.1 Å². The second-order valence-corrected chi connectivity index (χ2v) is 4.79. The summed E-state index contributed by atoms with van der Waals surface area (Å²) in [6.45, 7) is 5.40. The Kier molecular flexibility index (Phi) is 4.74. The maximum absolute atomic E-state index is 11.4. The Balaban J connectivity index is 2.20. The van der Waals surface area contributed by atoms with Crippen LogP contribution < -0.4 is 5.32 Å². The summed E-state index contributed by atoms with van der Waals surface area (Å²) < 4.78 is 6.91. The summed E-state index contributed by atoms with van der Waals surface area (Å²) in [5, 5.41) is 3.15. The number of hydrogen-bond acceptors (Lipinski definition) is 4. The van der Waals surface area contributed by atoms with Gasteiger partial charge in [-0.2, -0.15) is 0 Å². The van der Waals surface area contributed by atoms with Gasteiger partial charge < -0.3 is 9.30 Å².